The molecule has 0 aliphatic carbocycles. The first-order valence-corrected chi connectivity index (χ1v) is 6.77. The van der Waals surface area contributed by atoms with Crippen LogP contribution in [0.15, 0.2) is 33.8 Å². The molecule has 0 aromatic carbocycles. The zero-order chi connectivity index (χ0) is 14.8. The van der Waals surface area contributed by atoms with E-state index in [-0.39, 0.29) is 17.9 Å². The van der Waals surface area contributed by atoms with Gasteiger partial charge in [0.15, 0.2) is 0 Å². The van der Waals surface area contributed by atoms with Crippen LogP contribution in [0.3, 0.4) is 0 Å². The van der Waals surface area contributed by atoms with E-state index in [9.17, 15) is 9.59 Å². The molecule has 1 aliphatic rings. The van der Waals surface area contributed by atoms with Gasteiger partial charge in [-0.3, -0.25) is 4.79 Å². The van der Waals surface area contributed by atoms with E-state index in [0.717, 1.165) is 31.6 Å². The number of carboxylic acids is 1. The van der Waals surface area contributed by atoms with Gasteiger partial charge in [-0.1, -0.05) is 0 Å². The van der Waals surface area contributed by atoms with Crippen LogP contribution in [0.1, 0.15) is 29.0 Å². The van der Waals surface area contributed by atoms with Crippen LogP contribution in [0.4, 0.5) is 5.69 Å². The second-order valence-corrected chi connectivity index (χ2v) is 4.98. The van der Waals surface area contributed by atoms with Crippen molar-refractivity contribution in [1.29, 1.82) is 0 Å². The predicted octanol–water partition coefficient (Wildman–Crippen LogP) is 1.18. The Kier molecular flexibility index (Phi) is 3.47. The quantitative estimate of drug-likeness (QED) is 0.909. The van der Waals surface area contributed by atoms with Gasteiger partial charge in [0.2, 0.25) is 5.76 Å². The molecule has 7 heteroatoms. The van der Waals surface area contributed by atoms with Crippen molar-refractivity contribution in [1.82, 2.24) is 9.78 Å². The van der Waals surface area contributed by atoms with Crippen LogP contribution in [-0.2, 0) is 6.54 Å². The molecule has 1 saturated heterocycles. The molecule has 0 saturated carbocycles. The first kappa shape index (κ1) is 13.4. The van der Waals surface area contributed by atoms with E-state index in [0.29, 0.717) is 5.56 Å². The fourth-order valence-corrected chi connectivity index (χ4v) is 2.50. The number of aromatic carboxylic acids is 1. The van der Waals surface area contributed by atoms with Crippen molar-refractivity contribution >= 4 is 11.7 Å². The van der Waals surface area contributed by atoms with Crippen LogP contribution in [0.25, 0.3) is 0 Å². The highest BCUT2D eigenvalue weighted by Crippen LogP contribution is 2.17. The molecule has 110 valence electrons. The van der Waals surface area contributed by atoms with E-state index < -0.39 is 5.97 Å². The molecule has 0 spiro atoms. The van der Waals surface area contributed by atoms with Crippen molar-refractivity contribution in [3.8, 4) is 0 Å². The Balaban J connectivity index is 1.84. The topological polar surface area (TPSA) is 88.6 Å². The smallest absolute Gasteiger partial charge is 0.372 e. The van der Waals surface area contributed by atoms with E-state index >= 15 is 0 Å². The van der Waals surface area contributed by atoms with Gasteiger partial charge in [0, 0.05) is 24.7 Å². The largest absolute Gasteiger partial charge is 0.475 e. The summed E-state index contributed by atoms with van der Waals surface area (Å²) in [5, 5.41) is 13.1. The minimum absolute atomic E-state index is 0.0806. The number of anilines is 1. The third kappa shape index (κ3) is 2.67. The van der Waals surface area contributed by atoms with Gasteiger partial charge < -0.3 is 14.4 Å². The fraction of sp³-hybridized carbons (Fsp3) is 0.357. The lowest BCUT2D eigenvalue weighted by molar-refractivity contribution is 0.0660. The lowest BCUT2D eigenvalue weighted by Gasteiger charge is -2.16. The first-order valence-electron chi connectivity index (χ1n) is 6.77. The number of carboxylic acid groups (broad SMARTS) is 1. The molecule has 2 aromatic heterocycles. The summed E-state index contributed by atoms with van der Waals surface area (Å²) in [6.45, 7) is 1.96. The summed E-state index contributed by atoms with van der Waals surface area (Å²) in [5.74, 6) is -1.32. The van der Waals surface area contributed by atoms with Gasteiger partial charge in [-0.25, -0.2) is 9.48 Å². The summed E-state index contributed by atoms with van der Waals surface area (Å²) < 4.78 is 6.13. The molecule has 1 N–H and O–H groups in total. The van der Waals surface area contributed by atoms with Crippen LogP contribution in [-0.4, -0.2) is 33.9 Å². The Bertz CT molecular complexity index is 713. The number of hydrogen-bond donors (Lipinski definition) is 1. The summed E-state index contributed by atoms with van der Waals surface area (Å²) in [7, 11) is 0. The van der Waals surface area contributed by atoms with Crippen LogP contribution >= 0.6 is 0 Å². The molecular formula is C14H15N3O4. The number of hydrogen-bond acceptors (Lipinski definition) is 5. The van der Waals surface area contributed by atoms with E-state index in [1.807, 2.05) is 0 Å². The molecule has 1 fully saturated rings. The SMILES string of the molecule is O=C(O)c1occc1Cn1ncc(N2CCCC2)cc1=O. The highest BCUT2D eigenvalue weighted by atomic mass is 16.4. The minimum Gasteiger partial charge on any atom is -0.475 e. The van der Waals surface area contributed by atoms with Crippen molar-refractivity contribution < 1.29 is 14.3 Å². The first-order chi connectivity index (χ1) is 10.1. The van der Waals surface area contributed by atoms with Crippen LogP contribution < -0.4 is 10.5 Å². The molecule has 0 atom stereocenters. The molecule has 3 rings (SSSR count). The average molecular weight is 289 g/mol. The fourth-order valence-electron chi connectivity index (χ4n) is 2.50. The lowest BCUT2D eigenvalue weighted by atomic mass is 10.2. The lowest BCUT2D eigenvalue weighted by Crippen LogP contribution is -2.26. The van der Waals surface area contributed by atoms with E-state index in [4.69, 9.17) is 9.52 Å². The van der Waals surface area contributed by atoms with Crippen molar-refractivity contribution in [2.45, 2.75) is 19.4 Å². The predicted molar refractivity (Wildman–Crippen MR) is 74.7 cm³/mol. The highest BCUT2D eigenvalue weighted by Gasteiger charge is 2.17. The zero-order valence-corrected chi connectivity index (χ0v) is 11.4. The monoisotopic (exact) mass is 289 g/mol. The Labute approximate surface area is 120 Å². The van der Waals surface area contributed by atoms with Gasteiger partial charge in [0.1, 0.15) is 0 Å². The normalized spacial score (nSPS) is 14.6. The molecule has 7 nitrogen and oxygen atoms in total. The van der Waals surface area contributed by atoms with Gasteiger partial charge in [-0.15, -0.1) is 0 Å². The molecule has 0 amide bonds. The molecule has 0 unspecified atom stereocenters. The summed E-state index contributed by atoms with van der Waals surface area (Å²) in [6, 6.07) is 3.07. The third-order valence-electron chi connectivity index (χ3n) is 3.59. The van der Waals surface area contributed by atoms with Crippen LogP contribution in [0.5, 0.6) is 0 Å². The van der Waals surface area contributed by atoms with Gasteiger partial charge >= 0.3 is 5.97 Å². The summed E-state index contributed by atoms with van der Waals surface area (Å²) >= 11 is 0. The summed E-state index contributed by atoms with van der Waals surface area (Å²) in [4.78, 5) is 25.2. The molecule has 21 heavy (non-hydrogen) atoms. The zero-order valence-electron chi connectivity index (χ0n) is 11.4. The standard InChI is InChI=1S/C14H15N3O4/c18-12-7-11(16-4-1-2-5-16)8-15-17(12)9-10-3-6-21-13(10)14(19)20/h3,6-8H,1-2,4-5,9H2,(H,19,20). The van der Waals surface area contributed by atoms with Gasteiger partial charge in [-0.05, 0) is 18.9 Å². The van der Waals surface area contributed by atoms with Gasteiger partial charge in [-0.2, -0.15) is 5.10 Å². The Morgan fingerprint density at radius 3 is 2.81 bits per heavy atom. The second kappa shape index (κ2) is 5.43. The van der Waals surface area contributed by atoms with E-state index in [1.54, 1.807) is 12.3 Å². The maximum absolute atomic E-state index is 12.1. The van der Waals surface area contributed by atoms with E-state index in [2.05, 4.69) is 10.00 Å². The molecule has 3 heterocycles. The molecule has 0 bridgehead atoms. The maximum Gasteiger partial charge on any atom is 0.372 e. The highest BCUT2D eigenvalue weighted by molar-refractivity contribution is 5.86. The van der Waals surface area contributed by atoms with Crippen molar-refractivity contribution in [3.63, 3.8) is 0 Å². The third-order valence-corrected chi connectivity index (χ3v) is 3.59. The Hall–Kier alpha value is -2.57. The van der Waals surface area contributed by atoms with E-state index in [1.165, 1.54) is 17.0 Å². The number of carbonyl (C=O) groups is 1. The Morgan fingerprint density at radius 1 is 1.38 bits per heavy atom. The summed E-state index contributed by atoms with van der Waals surface area (Å²) in [5.41, 5.74) is 0.988. The Morgan fingerprint density at radius 2 is 2.14 bits per heavy atom. The molecule has 2 aromatic rings. The maximum atomic E-state index is 12.1. The van der Waals surface area contributed by atoms with Crippen LogP contribution in [0, 0.1) is 0 Å². The summed E-state index contributed by atoms with van der Waals surface area (Å²) in [6.07, 6.45) is 5.19. The molecular weight excluding hydrogens is 274 g/mol. The number of aromatic nitrogens is 2. The number of rotatable bonds is 4. The van der Waals surface area contributed by atoms with Crippen molar-refractivity contribution in [2.24, 2.45) is 0 Å². The average Bonchev–Trinajstić information content (AvgIpc) is 3.11. The molecule has 1 aliphatic heterocycles. The number of furan rings is 1. The second-order valence-electron chi connectivity index (χ2n) is 4.98. The number of nitrogens with zero attached hydrogens (tertiary/aromatic N) is 3. The van der Waals surface area contributed by atoms with Crippen molar-refractivity contribution in [2.75, 3.05) is 18.0 Å². The van der Waals surface area contributed by atoms with Gasteiger partial charge in [0.05, 0.1) is 24.7 Å². The minimum atomic E-state index is -1.16. The van der Waals surface area contributed by atoms with Crippen LogP contribution in [0.2, 0.25) is 0 Å². The van der Waals surface area contributed by atoms with Gasteiger partial charge in [0.25, 0.3) is 5.56 Å². The molecule has 0 radical (unpaired) electrons. The van der Waals surface area contributed by atoms with Crippen molar-refractivity contribution in [3.05, 3.63) is 46.3 Å².